The zero-order chi connectivity index (χ0) is 14.7. The minimum absolute atomic E-state index is 0.0661. The van der Waals surface area contributed by atoms with Crippen LogP contribution in [0.4, 0.5) is 5.69 Å². The average molecular weight is 275 g/mol. The molecule has 2 aromatic rings. The van der Waals surface area contributed by atoms with Gasteiger partial charge in [0, 0.05) is 10.8 Å². The van der Waals surface area contributed by atoms with Crippen molar-refractivity contribution in [3.05, 3.63) is 35.9 Å². The Balaban J connectivity index is 2.54. The first-order chi connectivity index (χ1) is 9.54. The molecule has 0 unspecified atom stereocenters. The van der Waals surface area contributed by atoms with Crippen LogP contribution in [0.2, 0.25) is 0 Å². The van der Waals surface area contributed by atoms with Crippen LogP contribution in [0.15, 0.2) is 30.3 Å². The number of carbonyl (C=O) groups excluding carboxylic acids is 1. The Morgan fingerprint density at radius 3 is 2.50 bits per heavy atom. The fourth-order valence-corrected chi connectivity index (χ4v) is 1.86. The van der Waals surface area contributed by atoms with E-state index in [0.29, 0.717) is 10.8 Å². The van der Waals surface area contributed by atoms with Crippen molar-refractivity contribution in [2.24, 2.45) is 0 Å². The van der Waals surface area contributed by atoms with Gasteiger partial charge in [-0.05, 0) is 6.07 Å². The number of ether oxygens (including phenoxy) is 2. The molecule has 0 aromatic heterocycles. The second-order valence-electron chi connectivity index (χ2n) is 4.05. The molecule has 0 aliphatic rings. The summed E-state index contributed by atoms with van der Waals surface area (Å²) in [7, 11) is 1.25. The zero-order valence-electron chi connectivity index (χ0n) is 10.8. The monoisotopic (exact) mass is 275 g/mol. The number of rotatable bonds is 4. The number of benzene rings is 2. The highest BCUT2D eigenvalue weighted by Gasteiger charge is 2.16. The normalized spacial score (nSPS) is 10.2. The number of anilines is 1. The number of esters is 1. The van der Waals surface area contributed by atoms with E-state index in [2.05, 4.69) is 4.74 Å². The molecule has 6 heteroatoms. The minimum atomic E-state index is -1.16. The fourth-order valence-electron chi connectivity index (χ4n) is 1.86. The third-order valence-corrected chi connectivity index (χ3v) is 2.85. The first kappa shape index (κ1) is 13.7. The maximum Gasteiger partial charge on any atom is 0.343 e. The Labute approximate surface area is 114 Å². The van der Waals surface area contributed by atoms with Crippen molar-refractivity contribution < 1.29 is 24.2 Å². The van der Waals surface area contributed by atoms with Gasteiger partial charge in [0.2, 0.25) is 0 Å². The third kappa shape index (κ3) is 2.49. The standard InChI is InChI=1S/C14H13NO5/c1-19-12(16)7-20-11-6-10(14(17)18)13(15)9-5-3-2-4-8(9)11/h2-6H,7,15H2,1H3,(H,17,18). The largest absolute Gasteiger partial charge is 0.481 e. The SMILES string of the molecule is COC(=O)COc1cc(C(=O)O)c(N)c2ccccc12. The summed E-state index contributed by atoms with van der Waals surface area (Å²) >= 11 is 0. The number of aromatic carboxylic acids is 1. The number of nitrogens with two attached hydrogens (primary N) is 1. The predicted octanol–water partition coefficient (Wildman–Crippen LogP) is 1.67. The molecule has 0 spiro atoms. The summed E-state index contributed by atoms with van der Waals surface area (Å²) in [5.41, 5.74) is 5.94. The number of fused-ring (bicyclic) bond motifs is 1. The van der Waals surface area contributed by atoms with Gasteiger partial charge in [0.1, 0.15) is 5.75 Å². The summed E-state index contributed by atoms with van der Waals surface area (Å²) in [5, 5.41) is 10.3. The summed E-state index contributed by atoms with van der Waals surface area (Å²) in [6.07, 6.45) is 0. The van der Waals surface area contributed by atoms with E-state index in [1.165, 1.54) is 13.2 Å². The highest BCUT2D eigenvalue weighted by molar-refractivity contribution is 6.07. The maximum absolute atomic E-state index is 11.2. The van der Waals surface area contributed by atoms with E-state index in [0.717, 1.165) is 0 Å². The van der Waals surface area contributed by atoms with Crippen molar-refractivity contribution in [3.63, 3.8) is 0 Å². The maximum atomic E-state index is 11.2. The molecule has 0 saturated carbocycles. The number of carboxylic acids is 1. The van der Waals surface area contributed by atoms with Crippen LogP contribution in [-0.4, -0.2) is 30.8 Å². The van der Waals surface area contributed by atoms with Crippen molar-refractivity contribution in [1.82, 2.24) is 0 Å². The van der Waals surface area contributed by atoms with E-state index in [1.807, 2.05) is 0 Å². The first-order valence-electron chi connectivity index (χ1n) is 5.78. The minimum Gasteiger partial charge on any atom is -0.481 e. The lowest BCUT2D eigenvalue weighted by Gasteiger charge is -2.12. The van der Waals surface area contributed by atoms with Gasteiger partial charge in [0.15, 0.2) is 6.61 Å². The molecule has 0 bridgehead atoms. The molecule has 2 rings (SSSR count). The first-order valence-corrected chi connectivity index (χ1v) is 5.78. The summed E-state index contributed by atoms with van der Waals surface area (Å²) in [6, 6.07) is 8.26. The van der Waals surface area contributed by atoms with Crippen molar-refractivity contribution in [1.29, 1.82) is 0 Å². The van der Waals surface area contributed by atoms with Crippen molar-refractivity contribution in [2.45, 2.75) is 0 Å². The fraction of sp³-hybridized carbons (Fsp3) is 0.143. The van der Waals surface area contributed by atoms with Crippen LogP contribution >= 0.6 is 0 Å². The van der Waals surface area contributed by atoms with Gasteiger partial charge in [0.25, 0.3) is 0 Å². The highest BCUT2D eigenvalue weighted by atomic mass is 16.6. The number of carboxylic acid groups (broad SMARTS) is 1. The van der Waals surface area contributed by atoms with Crippen LogP contribution in [0.5, 0.6) is 5.75 Å². The van der Waals surface area contributed by atoms with E-state index in [1.54, 1.807) is 24.3 Å². The van der Waals surface area contributed by atoms with Gasteiger partial charge in [-0.3, -0.25) is 0 Å². The highest BCUT2D eigenvalue weighted by Crippen LogP contribution is 2.33. The Morgan fingerprint density at radius 1 is 1.25 bits per heavy atom. The predicted molar refractivity (Wildman–Crippen MR) is 72.8 cm³/mol. The average Bonchev–Trinajstić information content (AvgIpc) is 2.46. The molecular weight excluding hydrogens is 262 g/mol. The molecule has 0 fully saturated rings. The topological polar surface area (TPSA) is 98.8 Å². The summed E-state index contributed by atoms with van der Waals surface area (Å²) in [5.74, 6) is -1.43. The molecule has 0 atom stereocenters. The molecule has 0 aliphatic heterocycles. The van der Waals surface area contributed by atoms with Gasteiger partial charge < -0.3 is 20.3 Å². The number of carbonyl (C=O) groups is 2. The summed E-state index contributed by atoms with van der Waals surface area (Å²) in [4.78, 5) is 22.3. The van der Waals surface area contributed by atoms with Crippen molar-refractivity contribution >= 4 is 28.4 Å². The lowest BCUT2D eigenvalue weighted by atomic mass is 10.0. The molecule has 6 nitrogen and oxygen atoms in total. The number of nitrogen functional groups attached to an aromatic ring is 1. The van der Waals surface area contributed by atoms with Crippen molar-refractivity contribution in [2.75, 3.05) is 19.5 Å². The molecular formula is C14H13NO5. The van der Waals surface area contributed by atoms with E-state index in [4.69, 9.17) is 15.6 Å². The second-order valence-corrected chi connectivity index (χ2v) is 4.05. The Morgan fingerprint density at radius 2 is 1.90 bits per heavy atom. The molecule has 0 saturated heterocycles. The third-order valence-electron chi connectivity index (χ3n) is 2.85. The lowest BCUT2D eigenvalue weighted by molar-refractivity contribution is -0.142. The van der Waals surface area contributed by atoms with E-state index in [-0.39, 0.29) is 23.6 Å². The Hall–Kier alpha value is -2.76. The van der Waals surface area contributed by atoms with E-state index < -0.39 is 11.9 Å². The number of hydrogen-bond donors (Lipinski definition) is 2. The smallest absolute Gasteiger partial charge is 0.343 e. The molecule has 20 heavy (non-hydrogen) atoms. The van der Waals surface area contributed by atoms with E-state index in [9.17, 15) is 9.59 Å². The quantitative estimate of drug-likeness (QED) is 0.650. The van der Waals surface area contributed by atoms with Gasteiger partial charge >= 0.3 is 11.9 Å². The van der Waals surface area contributed by atoms with Crippen LogP contribution in [0.25, 0.3) is 10.8 Å². The van der Waals surface area contributed by atoms with Crippen LogP contribution in [0.1, 0.15) is 10.4 Å². The van der Waals surface area contributed by atoms with Crippen LogP contribution in [0, 0.1) is 0 Å². The molecule has 0 amide bonds. The molecule has 104 valence electrons. The van der Waals surface area contributed by atoms with Gasteiger partial charge in [-0.2, -0.15) is 0 Å². The Bertz CT molecular complexity index is 681. The van der Waals surface area contributed by atoms with Crippen LogP contribution in [0.3, 0.4) is 0 Å². The second kappa shape index (κ2) is 5.48. The van der Waals surface area contributed by atoms with Crippen LogP contribution < -0.4 is 10.5 Å². The lowest BCUT2D eigenvalue weighted by Crippen LogP contribution is -2.13. The van der Waals surface area contributed by atoms with E-state index >= 15 is 0 Å². The van der Waals surface area contributed by atoms with Gasteiger partial charge in [0.05, 0.1) is 18.4 Å². The van der Waals surface area contributed by atoms with Gasteiger partial charge in [-0.15, -0.1) is 0 Å². The molecule has 0 aliphatic carbocycles. The van der Waals surface area contributed by atoms with Gasteiger partial charge in [-0.25, -0.2) is 9.59 Å². The molecule has 0 radical (unpaired) electrons. The number of methoxy groups -OCH3 is 1. The summed E-state index contributed by atoms with van der Waals surface area (Å²) in [6.45, 7) is -0.302. The molecule has 3 N–H and O–H groups in total. The summed E-state index contributed by atoms with van der Waals surface area (Å²) < 4.78 is 9.80. The molecule has 0 heterocycles. The number of hydrogen-bond acceptors (Lipinski definition) is 5. The molecule has 2 aromatic carbocycles. The van der Waals surface area contributed by atoms with Crippen LogP contribution in [-0.2, 0) is 9.53 Å². The zero-order valence-corrected chi connectivity index (χ0v) is 10.8. The Kier molecular flexibility index (Phi) is 3.74. The van der Waals surface area contributed by atoms with Gasteiger partial charge in [-0.1, -0.05) is 24.3 Å². The van der Waals surface area contributed by atoms with Crippen molar-refractivity contribution in [3.8, 4) is 5.75 Å².